The molecule has 1 atom stereocenters. The minimum atomic E-state index is -0.348. The van der Waals surface area contributed by atoms with Crippen LogP contribution < -0.4 is 5.73 Å². The molecular formula is C32H40Br2ClN5O2. The van der Waals surface area contributed by atoms with E-state index in [0.717, 1.165) is 78.7 Å². The van der Waals surface area contributed by atoms with E-state index >= 15 is 0 Å². The number of primary amides is 1. The van der Waals surface area contributed by atoms with Crippen LogP contribution in [-0.2, 0) is 17.6 Å². The molecule has 10 heteroatoms. The van der Waals surface area contributed by atoms with Crippen molar-refractivity contribution >= 4 is 55.4 Å². The minimum Gasteiger partial charge on any atom is -0.351 e. The van der Waals surface area contributed by atoms with Gasteiger partial charge < -0.3 is 15.5 Å². The number of carbonyl (C=O) groups excluding carboxylic acids is 2. The first-order chi connectivity index (χ1) is 20.3. The van der Waals surface area contributed by atoms with Gasteiger partial charge in [-0.2, -0.15) is 0 Å². The molecule has 0 bridgehead atoms. The smallest absolute Gasteiger partial charge is 0.314 e. The van der Waals surface area contributed by atoms with Crippen LogP contribution in [0.3, 0.4) is 0 Å². The van der Waals surface area contributed by atoms with Crippen molar-refractivity contribution in [2.45, 2.75) is 63.8 Å². The van der Waals surface area contributed by atoms with Gasteiger partial charge in [0.15, 0.2) is 0 Å². The molecule has 7 nitrogen and oxygen atoms in total. The Kier molecular flexibility index (Phi) is 9.49. The lowest BCUT2D eigenvalue weighted by atomic mass is 9.78. The van der Waals surface area contributed by atoms with Crippen molar-refractivity contribution in [2.24, 2.45) is 23.5 Å². The Morgan fingerprint density at radius 3 is 2.21 bits per heavy atom. The number of hydrogen-bond donors (Lipinski definition) is 1. The van der Waals surface area contributed by atoms with Gasteiger partial charge in [0.25, 0.3) is 0 Å². The fourth-order valence-electron chi connectivity index (χ4n) is 7.84. The molecule has 0 radical (unpaired) electrons. The summed E-state index contributed by atoms with van der Waals surface area (Å²) in [5.74, 6) is 2.04. The van der Waals surface area contributed by atoms with Crippen molar-refractivity contribution in [2.75, 3.05) is 39.3 Å². The number of urea groups is 1. The number of likely N-dealkylation sites (tertiary alicyclic amines) is 3. The fraction of sp³-hybridized carbons (Fsp3) is 0.594. The van der Waals surface area contributed by atoms with Crippen LogP contribution in [0.2, 0.25) is 5.02 Å². The highest BCUT2D eigenvalue weighted by Crippen LogP contribution is 2.43. The van der Waals surface area contributed by atoms with Crippen LogP contribution in [0.15, 0.2) is 33.3 Å². The number of piperidine rings is 3. The molecule has 3 saturated heterocycles. The van der Waals surface area contributed by atoms with Gasteiger partial charge in [0.1, 0.15) is 0 Å². The summed E-state index contributed by atoms with van der Waals surface area (Å²) in [4.78, 5) is 35.9. The summed E-state index contributed by atoms with van der Waals surface area (Å²) in [6, 6.07) is 6.26. The van der Waals surface area contributed by atoms with Crippen molar-refractivity contribution in [3.8, 4) is 0 Å². The SMILES string of the molecule is NC(=O)N1CCC(CC(=O)N2CCC(C3CCN(C4c5ccc(Cl)c(Br)c5CCc5cc(Br)cnc54)CC3)CC2)CC1. The number of fused-ring (bicyclic) bond motifs is 2. The Morgan fingerprint density at radius 1 is 0.905 bits per heavy atom. The van der Waals surface area contributed by atoms with E-state index in [4.69, 9.17) is 22.3 Å². The number of rotatable bonds is 4. The summed E-state index contributed by atoms with van der Waals surface area (Å²) < 4.78 is 2.05. The molecule has 0 spiro atoms. The molecule has 2 N–H and O–H groups in total. The van der Waals surface area contributed by atoms with Crippen LogP contribution in [0, 0.1) is 17.8 Å². The molecule has 6 rings (SSSR count). The number of aromatic nitrogens is 1. The number of nitrogens with two attached hydrogens (primary N) is 1. The normalized spacial score (nSPS) is 22.9. The predicted molar refractivity (Wildman–Crippen MR) is 172 cm³/mol. The number of hydrogen-bond acceptors (Lipinski definition) is 4. The van der Waals surface area contributed by atoms with Gasteiger partial charge >= 0.3 is 6.03 Å². The summed E-state index contributed by atoms with van der Waals surface area (Å²) in [6.07, 6.45) is 10.8. The molecule has 3 amide bonds. The van der Waals surface area contributed by atoms with E-state index in [2.05, 4.69) is 53.8 Å². The van der Waals surface area contributed by atoms with Crippen LogP contribution in [0.4, 0.5) is 4.79 Å². The van der Waals surface area contributed by atoms with E-state index in [9.17, 15) is 9.59 Å². The third-order valence-corrected chi connectivity index (χ3v) is 12.2. The van der Waals surface area contributed by atoms with Crippen molar-refractivity contribution in [3.63, 3.8) is 0 Å². The maximum absolute atomic E-state index is 13.1. The first-order valence-electron chi connectivity index (χ1n) is 15.5. The van der Waals surface area contributed by atoms with Crippen LogP contribution >= 0.6 is 43.5 Å². The molecule has 42 heavy (non-hydrogen) atoms. The van der Waals surface area contributed by atoms with E-state index in [1.54, 1.807) is 4.90 Å². The van der Waals surface area contributed by atoms with Gasteiger partial charge in [-0.1, -0.05) is 17.7 Å². The maximum atomic E-state index is 13.1. The van der Waals surface area contributed by atoms with E-state index < -0.39 is 0 Å². The molecule has 0 saturated carbocycles. The zero-order valence-corrected chi connectivity index (χ0v) is 28.0. The lowest BCUT2D eigenvalue weighted by Crippen LogP contribution is -2.45. The van der Waals surface area contributed by atoms with Crippen molar-refractivity contribution < 1.29 is 9.59 Å². The molecule has 1 aromatic heterocycles. The molecule has 3 fully saturated rings. The number of amides is 3. The van der Waals surface area contributed by atoms with Gasteiger partial charge in [-0.3, -0.25) is 14.7 Å². The third kappa shape index (κ3) is 6.40. The number of pyridine rings is 1. The second kappa shape index (κ2) is 13.1. The Morgan fingerprint density at radius 2 is 1.55 bits per heavy atom. The standard InChI is InChI=1S/C32H40Br2ClN5O2/c33-24-18-23-1-2-25-26(3-4-27(35)29(25)34)31(30(23)37-19-24)39-15-9-22(10-16-39)21-7-13-38(14-8-21)28(41)17-20-5-11-40(12-6-20)32(36)42/h3-4,18-22,31H,1-2,5-17H2,(H2,36,42). The molecule has 2 aromatic rings. The average Bonchev–Trinajstić information content (AvgIpc) is 3.16. The quantitative estimate of drug-likeness (QED) is 0.387. The molecule has 4 heterocycles. The lowest BCUT2D eigenvalue weighted by molar-refractivity contribution is -0.134. The van der Waals surface area contributed by atoms with Gasteiger partial charge in [0.2, 0.25) is 5.91 Å². The van der Waals surface area contributed by atoms with E-state index in [1.165, 1.54) is 35.2 Å². The fourth-order valence-corrected chi connectivity index (χ4v) is 8.95. The average molecular weight is 722 g/mol. The Balaban J connectivity index is 1.06. The molecule has 3 aliphatic heterocycles. The van der Waals surface area contributed by atoms with Crippen LogP contribution in [0.5, 0.6) is 0 Å². The van der Waals surface area contributed by atoms with Crippen molar-refractivity contribution in [3.05, 3.63) is 60.7 Å². The second-order valence-electron chi connectivity index (χ2n) is 12.6. The van der Waals surface area contributed by atoms with Crippen molar-refractivity contribution in [1.82, 2.24) is 19.7 Å². The van der Waals surface area contributed by atoms with E-state index in [-0.39, 0.29) is 18.0 Å². The summed E-state index contributed by atoms with van der Waals surface area (Å²) in [7, 11) is 0. The Labute approximate surface area is 270 Å². The highest BCUT2D eigenvalue weighted by Gasteiger charge is 2.37. The number of carbonyl (C=O) groups is 2. The van der Waals surface area contributed by atoms with Gasteiger partial charge in [0, 0.05) is 47.7 Å². The first kappa shape index (κ1) is 30.4. The molecule has 226 valence electrons. The summed E-state index contributed by atoms with van der Waals surface area (Å²) in [6.45, 7) is 5.20. The maximum Gasteiger partial charge on any atom is 0.314 e. The summed E-state index contributed by atoms with van der Waals surface area (Å²) in [5, 5.41) is 0.768. The zero-order valence-electron chi connectivity index (χ0n) is 24.0. The third-order valence-electron chi connectivity index (χ3n) is 10.3. The number of halogens is 3. The first-order valence-corrected chi connectivity index (χ1v) is 17.4. The van der Waals surface area contributed by atoms with Gasteiger partial charge in [-0.15, -0.1) is 0 Å². The Bertz CT molecular complexity index is 1320. The minimum absolute atomic E-state index is 0.134. The molecule has 4 aliphatic rings. The Hall–Kier alpha value is -1.68. The second-order valence-corrected chi connectivity index (χ2v) is 14.7. The van der Waals surface area contributed by atoms with E-state index in [0.29, 0.717) is 37.3 Å². The number of aryl methyl sites for hydroxylation is 1. The topological polar surface area (TPSA) is 82.8 Å². The predicted octanol–water partition coefficient (Wildman–Crippen LogP) is 6.58. The zero-order chi connectivity index (χ0) is 29.4. The van der Waals surface area contributed by atoms with Crippen LogP contribution in [0.1, 0.15) is 73.4 Å². The van der Waals surface area contributed by atoms with Crippen LogP contribution in [-0.4, -0.2) is 70.9 Å². The lowest BCUT2D eigenvalue weighted by Gasteiger charge is -2.43. The summed E-state index contributed by atoms with van der Waals surface area (Å²) >= 11 is 14.0. The van der Waals surface area contributed by atoms with Crippen LogP contribution in [0.25, 0.3) is 0 Å². The monoisotopic (exact) mass is 719 g/mol. The highest BCUT2D eigenvalue weighted by atomic mass is 79.9. The molecule has 1 aromatic carbocycles. The largest absolute Gasteiger partial charge is 0.351 e. The highest BCUT2D eigenvalue weighted by molar-refractivity contribution is 9.10. The molecule has 1 aliphatic carbocycles. The molecular weight excluding hydrogens is 682 g/mol. The number of benzene rings is 1. The van der Waals surface area contributed by atoms with Gasteiger partial charge in [-0.25, -0.2) is 4.79 Å². The molecule has 1 unspecified atom stereocenters. The van der Waals surface area contributed by atoms with Crippen molar-refractivity contribution in [1.29, 1.82) is 0 Å². The van der Waals surface area contributed by atoms with Gasteiger partial charge in [0.05, 0.1) is 16.8 Å². The van der Waals surface area contributed by atoms with E-state index in [1.807, 2.05) is 12.3 Å². The van der Waals surface area contributed by atoms with Gasteiger partial charge in [-0.05, 0) is 143 Å². The number of nitrogens with zero attached hydrogens (tertiary/aromatic N) is 4. The summed E-state index contributed by atoms with van der Waals surface area (Å²) in [5.41, 5.74) is 10.5.